The third kappa shape index (κ3) is 7.01. The minimum absolute atomic E-state index is 0. The Kier molecular flexibility index (Phi) is 9.87. The van der Waals surface area contributed by atoms with E-state index in [9.17, 15) is 0 Å². The summed E-state index contributed by atoms with van der Waals surface area (Å²) < 4.78 is 5.52. The maximum Gasteiger partial charge on any atom is 0.191 e. The van der Waals surface area contributed by atoms with Crippen LogP contribution in [-0.2, 0) is 0 Å². The molecule has 4 nitrogen and oxygen atoms in total. The number of nitrogens with zero attached hydrogens (tertiary/aromatic N) is 1. The Morgan fingerprint density at radius 3 is 2.67 bits per heavy atom. The minimum Gasteiger partial charge on any atom is -0.492 e. The van der Waals surface area contributed by atoms with Gasteiger partial charge in [0.2, 0.25) is 0 Å². The number of guanidine groups is 1. The van der Waals surface area contributed by atoms with Crippen molar-refractivity contribution in [3.8, 4) is 18.1 Å². The molecule has 0 radical (unpaired) electrons. The lowest BCUT2D eigenvalue weighted by atomic mass is 10.3. The topological polar surface area (TPSA) is 45.7 Å². The molecule has 98 valence electrons. The molecule has 1 rings (SSSR count). The molecule has 1 aromatic rings. The zero-order valence-electron chi connectivity index (χ0n) is 10.3. The maximum absolute atomic E-state index is 5.52. The van der Waals surface area contributed by atoms with Crippen LogP contribution in [0, 0.1) is 12.3 Å². The zero-order chi connectivity index (χ0) is 12.3. The summed E-state index contributed by atoms with van der Waals surface area (Å²) in [5.41, 5.74) is 0. The molecule has 0 aliphatic heterocycles. The van der Waals surface area contributed by atoms with Crippen molar-refractivity contribution < 1.29 is 4.74 Å². The molecule has 0 atom stereocenters. The van der Waals surface area contributed by atoms with E-state index in [4.69, 9.17) is 11.2 Å². The smallest absolute Gasteiger partial charge is 0.191 e. The molecular formula is C13H18IN3O. The number of para-hydroxylation sites is 1. The van der Waals surface area contributed by atoms with Gasteiger partial charge in [0.1, 0.15) is 12.4 Å². The molecule has 18 heavy (non-hydrogen) atoms. The molecule has 0 heterocycles. The number of hydrogen-bond donors (Lipinski definition) is 2. The van der Waals surface area contributed by atoms with Gasteiger partial charge in [-0.1, -0.05) is 24.1 Å². The lowest BCUT2D eigenvalue weighted by molar-refractivity contribution is 0.322. The Morgan fingerprint density at radius 1 is 1.33 bits per heavy atom. The summed E-state index contributed by atoms with van der Waals surface area (Å²) in [5, 5.41) is 6.06. The van der Waals surface area contributed by atoms with E-state index >= 15 is 0 Å². The van der Waals surface area contributed by atoms with E-state index in [1.54, 1.807) is 7.05 Å². The fraction of sp³-hybridized carbons (Fsp3) is 0.308. The summed E-state index contributed by atoms with van der Waals surface area (Å²) in [6.45, 7) is 1.69. The molecule has 5 heteroatoms. The molecule has 0 fully saturated rings. The Bertz CT molecular complexity index is 387. The van der Waals surface area contributed by atoms with E-state index in [1.807, 2.05) is 30.3 Å². The van der Waals surface area contributed by atoms with E-state index in [1.165, 1.54) is 0 Å². The molecule has 1 aromatic carbocycles. The van der Waals surface area contributed by atoms with E-state index in [0.717, 1.165) is 5.75 Å². The number of benzene rings is 1. The Balaban J connectivity index is 0.00000289. The van der Waals surface area contributed by atoms with Gasteiger partial charge in [0.15, 0.2) is 5.96 Å². The molecule has 0 spiro atoms. The third-order valence-electron chi connectivity index (χ3n) is 1.99. The van der Waals surface area contributed by atoms with Crippen LogP contribution in [0.15, 0.2) is 35.3 Å². The van der Waals surface area contributed by atoms with E-state index < -0.39 is 0 Å². The largest absolute Gasteiger partial charge is 0.492 e. The molecule has 0 bridgehead atoms. The first-order valence-electron chi connectivity index (χ1n) is 5.42. The second kappa shape index (κ2) is 10.7. The number of hydrogen-bond acceptors (Lipinski definition) is 2. The van der Waals surface area contributed by atoms with Crippen molar-refractivity contribution in [2.45, 2.75) is 0 Å². The number of halogens is 1. The predicted octanol–water partition coefficient (Wildman–Crippen LogP) is 1.48. The van der Waals surface area contributed by atoms with Crippen LogP contribution < -0.4 is 15.4 Å². The van der Waals surface area contributed by atoms with Gasteiger partial charge in [-0.15, -0.1) is 30.4 Å². The lowest BCUT2D eigenvalue weighted by Crippen LogP contribution is -2.39. The Morgan fingerprint density at radius 2 is 2.06 bits per heavy atom. The van der Waals surface area contributed by atoms with Gasteiger partial charge in [-0.25, -0.2) is 0 Å². The van der Waals surface area contributed by atoms with E-state index in [2.05, 4.69) is 21.5 Å². The monoisotopic (exact) mass is 359 g/mol. The number of aliphatic imine (C=N–C) groups is 1. The summed E-state index contributed by atoms with van der Waals surface area (Å²) in [4.78, 5) is 4.01. The van der Waals surface area contributed by atoms with Crippen LogP contribution in [0.4, 0.5) is 0 Å². The molecule has 0 saturated carbocycles. The molecule has 0 unspecified atom stereocenters. The first-order valence-corrected chi connectivity index (χ1v) is 5.42. The summed E-state index contributed by atoms with van der Waals surface area (Å²) in [7, 11) is 1.70. The van der Waals surface area contributed by atoms with Crippen LogP contribution >= 0.6 is 24.0 Å². The van der Waals surface area contributed by atoms with Crippen LogP contribution in [0.2, 0.25) is 0 Å². The summed E-state index contributed by atoms with van der Waals surface area (Å²) in [5.74, 6) is 4.03. The quantitative estimate of drug-likeness (QED) is 0.275. The van der Waals surface area contributed by atoms with Crippen LogP contribution in [0.1, 0.15) is 0 Å². The van der Waals surface area contributed by atoms with Gasteiger partial charge < -0.3 is 15.4 Å². The molecule has 0 aromatic heterocycles. The second-order valence-corrected chi connectivity index (χ2v) is 3.22. The van der Waals surface area contributed by atoms with E-state index in [0.29, 0.717) is 25.7 Å². The van der Waals surface area contributed by atoms with Gasteiger partial charge in [-0.2, -0.15) is 0 Å². The van der Waals surface area contributed by atoms with Crippen molar-refractivity contribution >= 4 is 29.9 Å². The van der Waals surface area contributed by atoms with Crippen molar-refractivity contribution in [1.82, 2.24) is 10.6 Å². The number of nitrogens with one attached hydrogen (secondary N) is 2. The first kappa shape index (κ1) is 16.6. The fourth-order valence-corrected chi connectivity index (χ4v) is 1.21. The average molecular weight is 359 g/mol. The van der Waals surface area contributed by atoms with Crippen LogP contribution in [0.3, 0.4) is 0 Å². The second-order valence-electron chi connectivity index (χ2n) is 3.22. The van der Waals surface area contributed by atoms with Crippen LogP contribution in [0.25, 0.3) is 0 Å². The third-order valence-corrected chi connectivity index (χ3v) is 1.99. The number of terminal acetylenes is 1. The van der Waals surface area contributed by atoms with Gasteiger partial charge in [0.05, 0.1) is 13.1 Å². The van der Waals surface area contributed by atoms with Crippen molar-refractivity contribution in [2.75, 3.05) is 26.7 Å². The standard InChI is InChI=1S/C13H17N3O.HI/c1-3-9-15-13(14-2)16-10-11-17-12-7-5-4-6-8-12;/h1,4-8H,9-11H2,2H3,(H2,14,15,16);1H. The van der Waals surface area contributed by atoms with Crippen LogP contribution in [-0.4, -0.2) is 32.7 Å². The molecule has 0 aliphatic rings. The van der Waals surface area contributed by atoms with Crippen molar-refractivity contribution in [3.63, 3.8) is 0 Å². The lowest BCUT2D eigenvalue weighted by Gasteiger charge is -2.10. The average Bonchev–Trinajstić information content (AvgIpc) is 2.39. The maximum atomic E-state index is 5.52. The molecule has 2 N–H and O–H groups in total. The number of rotatable bonds is 5. The van der Waals surface area contributed by atoms with Gasteiger partial charge in [0.25, 0.3) is 0 Å². The van der Waals surface area contributed by atoms with Gasteiger partial charge in [-0.05, 0) is 12.1 Å². The van der Waals surface area contributed by atoms with Crippen molar-refractivity contribution in [3.05, 3.63) is 30.3 Å². The summed E-state index contributed by atoms with van der Waals surface area (Å²) in [6.07, 6.45) is 5.14. The molecule has 0 aliphatic carbocycles. The zero-order valence-corrected chi connectivity index (χ0v) is 12.7. The first-order chi connectivity index (χ1) is 8.36. The van der Waals surface area contributed by atoms with Crippen LogP contribution in [0.5, 0.6) is 5.75 Å². The Labute approximate surface area is 125 Å². The fourth-order valence-electron chi connectivity index (χ4n) is 1.21. The molecule has 0 amide bonds. The summed E-state index contributed by atoms with van der Waals surface area (Å²) >= 11 is 0. The molecule has 0 saturated heterocycles. The minimum atomic E-state index is 0. The van der Waals surface area contributed by atoms with Crippen molar-refractivity contribution in [2.24, 2.45) is 4.99 Å². The highest BCUT2D eigenvalue weighted by Crippen LogP contribution is 2.07. The number of ether oxygens (including phenoxy) is 1. The Hall–Kier alpha value is -1.42. The highest BCUT2D eigenvalue weighted by molar-refractivity contribution is 14.0. The molecular weight excluding hydrogens is 341 g/mol. The normalized spacial score (nSPS) is 9.89. The van der Waals surface area contributed by atoms with Crippen molar-refractivity contribution in [1.29, 1.82) is 0 Å². The van der Waals surface area contributed by atoms with Gasteiger partial charge in [0, 0.05) is 7.05 Å². The SMILES string of the molecule is C#CCNC(=NC)NCCOc1ccccc1.I. The highest BCUT2D eigenvalue weighted by atomic mass is 127. The van der Waals surface area contributed by atoms with Gasteiger partial charge in [-0.3, -0.25) is 4.99 Å². The summed E-state index contributed by atoms with van der Waals surface area (Å²) in [6, 6.07) is 9.68. The van der Waals surface area contributed by atoms with E-state index in [-0.39, 0.29) is 24.0 Å². The van der Waals surface area contributed by atoms with Gasteiger partial charge >= 0.3 is 0 Å². The predicted molar refractivity (Wildman–Crippen MR) is 85.5 cm³/mol. The highest BCUT2D eigenvalue weighted by Gasteiger charge is 1.95.